The summed E-state index contributed by atoms with van der Waals surface area (Å²) >= 11 is 0. The molecule has 0 spiro atoms. The van der Waals surface area contributed by atoms with Gasteiger partial charge in [-0.3, -0.25) is 0 Å². The molecule has 1 nitrogen and oxygen atoms in total. The molecule has 1 aliphatic heterocycles. The van der Waals surface area contributed by atoms with Crippen LogP contribution in [0.5, 0.6) is 0 Å². The van der Waals surface area contributed by atoms with Crippen LogP contribution in [0.1, 0.15) is 45.9 Å². The minimum absolute atomic E-state index is 0.103. The molecule has 0 saturated heterocycles. The Morgan fingerprint density at radius 3 is 1.82 bits per heavy atom. The van der Waals surface area contributed by atoms with E-state index < -0.39 is 0 Å². The van der Waals surface area contributed by atoms with Gasteiger partial charge in [0.1, 0.15) is 0 Å². The molecule has 1 unspecified atom stereocenters. The summed E-state index contributed by atoms with van der Waals surface area (Å²) in [5.74, 6) is 0. The highest BCUT2D eigenvalue weighted by Crippen LogP contribution is 2.53. The first-order valence-corrected chi connectivity index (χ1v) is 13.7. The van der Waals surface area contributed by atoms with E-state index in [0.717, 1.165) is 0 Å². The van der Waals surface area contributed by atoms with Crippen LogP contribution in [0, 0.1) is 27.7 Å². The highest BCUT2D eigenvalue weighted by Gasteiger charge is 2.50. The summed E-state index contributed by atoms with van der Waals surface area (Å²) in [6, 6.07) is 34.8. The minimum Gasteiger partial charge on any atom is -0.376 e. The summed E-state index contributed by atoms with van der Waals surface area (Å²) < 4.78 is 2.69. The van der Waals surface area contributed by atoms with Gasteiger partial charge < -0.3 is 4.48 Å². The maximum Gasteiger partial charge on any atom is 0.328 e. The Morgan fingerprint density at radius 1 is 0.579 bits per heavy atom. The number of aryl methyl sites for hydroxylation is 4. The lowest BCUT2D eigenvalue weighted by atomic mass is 9.41. The van der Waals surface area contributed by atoms with Crippen molar-refractivity contribution in [3.05, 3.63) is 130 Å². The Bertz CT molecular complexity index is 1930. The number of aromatic nitrogens is 1. The third-order valence-corrected chi connectivity index (χ3v) is 9.36. The van der Waals surface area contributed by atoms with E-state index >= 15 is 0 Å². The molecule has 0 fully saturated rings. The van der Waals surface area contributed by atoms with Crippen molar-refractivity contribution in [3.8, 4) is 11.1 Å². The molecular formula is C36H30BN. The van der Waals surface area contributed by atoms with Crippen molar-refractivity contribution in [2.24, 2.45) is 0 Å². The minimum atomic E-state index is -0.161. The molecule has 2 heterocycles. The Kier molecular flexibility index (Phi) is 4.22. The number of fused-ring (bicyclic) bond motifs is 8. The Labute approximate surface area is 224 Å². The molecule has 182 valence electrons. The van der Waals surface area contributed by atoms with E-state index in [4.69, 9.17) is 0 Å². The fraction of sp³-hybridized carbons (Fsp3) is 0.167. The molecule has 1 atom stereocenters. The van der Waals surface area contributed by atoms with Crippen molar-refractivity contribution in [3.63, 3.8) is 0 Å². The molecule has 2 aliphatic rings. The fourth-order valence-electron chi connectivity index (χ4n) is 8.13. The molecule has 0 amide bonds. The first-order chi connectivity index (χ1) is 18.4. The number of hydrogen-bond donors (Lipinski definition) is 0. The molecular weight excluding hydrogens is 457 g/mol. The van der Waals surface area contributed by atoms with Crippen molar-refractivity contribution in [2.75, 3.05) is 0 Å². The van der Waals surface area contributed by atoms with Crippen LogP contribution < -0.4 is 10.9 Å². The second-order valence-corrected chi connectivity index (χ2v) is 11.8. The van der Waals surface area contributed by atoms with Crippen molar-refractivity contribution in [1.82, 2.24) is 4.48 Å². The van der Waals surface area contributed by atoms with Crippen LogP contribution in [0.4, 0.5) is 0 Å². The first kappa shape index (κ1) is 22.0. The van der Waals surface area contributed by atoms with Crippen molar-refractivity contribution >= 4 is 39.6 Å². The van der Waals surface area contributed by atoms with Crippen LogP contribution in [-0.2, 0) is 5.41 Å². The molecule has 0 N–H and O–H groups in total. The lowest BCUT2D eigenvalue weighted by Gasteiger charge is -2.39. The lowest BCUT2D eigenvalue weighted by Crippen LogP contribution is -2.58. The third-order valence-electron chi connectivity index (χ3n) is 9.36. The highest BCUT2D eigenvalue weighted by molar-refractivity contribution is 6.86. The predicted octanol–water partition coefficient (Wildman–Crippen LogP) is 7.33. The van der Waals surface area contributed by atoms with Gasteiger partial charge in [-0.25, -0.2) is 0 Å². The molecule has 1 aliphatic carbocycles. The molecule has 1 aromatic heterocycles. The molecule has 5 aromatic carbocycles. The number of rotatable bonds is 1. The topological polar surface area (TPSA) is 4.93 Å². The lowest BCUT2D eigenvalue weighted by molar-refractivity contribution is 0.718. The van der Waals surface area contributed by atoms with Crippen molar-refractivity contribution in [1.29, 1.82) is 0 Å². The van der Waals surface area contributed by atoms with Crippen LogP contribution in [0.3, 0.4) is 0 Å². The van der Waals surface area contributed by atoms with Gasteiger partial charge in [-0.05, 0) is 96.6 Å². The van der Waals surface area contributed by atoms with Gasteiger partial charge in [0.15, 0.2) is 0 Å². The SMILES string of the molecule is Cc1cc(C)c2c(c1)c1cc(C)cc(C)c1n2B1c2ccccc2C2(C)c3ccccc3-c3cccc1c32. The van der Waals surface area contributed by atoms with Crippen molar-refractivity contribution in [2.45, 2.75) is 40.0 Å². The molecule has 38 heavy (non-hydrogen) atoms. The molecule has 2 heteroatoms. The number of benzene rings is 5. The van der Waals surface area contributed by atoms with E-state index in [1.165, 1.54) is 82.8 Å². The smallest absolute Gasteiger partial charge is 0.328 e. The van der Waals surface area contributed by atoms with Gasteiger partial charge >= 0.3 is 6.85 Å². The normalized spacial score (nSPS) is 17.1. The van der Waals surface area contributed by atoms with Crippen LogP contribution >= 0.6 is 0 Å². The second-order valence-electron chi connectivity index (χ2n) is 11.8. The Balaban J connectivity index is 1.59. The van der Waals surface area contributed by atoms with E-state index in [1.54, 1.807) is 0 Å². The Hall–Kier alpha value is -4.04. The zero-order valence-corrected chi connectivity index (χ0v) is 22.7. The average molecular weight is 487 g/mol. The third kappa shape index (κ3) is 2.53. The monoisotopic (exact) mass is 487 g/mol. The van der Waals surface area contributed by atoms with Crippen molar-refractivity contribution < 1.29 is 0 Å². The van der Waals surface area contributed by atoms with E-state index in [1.807, 2.05) is 0 Å². The maximum atomic E-state index is 2.69. The van der Waals surface area contributed by atoms with E-state index in [-0.39, 0.29) is 12.3 Å². The van der Waals surface area contributed by atoms with Gasteiger partial charge in [0, 0.05) is 27.2 Å². The standard InChI is InChI=1S/C36H30BN/c1-21-17-23(3)34-27(19-21)28-20-22(2)18-24(4)35(28)38(34)37-31-15-9-8-14-30(31)36(5)29-13-7-6-11-25(29)26-12-10-16-32(37)33(26)36/h6-20H,1-5H3. The van der Waals surface area contributed by atoms with Crippen LogP contribution in [0.25, 0.3) is 32.9 Å². The van der Waals surface area contributed by atoms with Gasteiger partial charge in [0.25, 0.3) is 0 Å². The van der Waals surface area contributed by atoms with Gasteiger partial charge in [0.05, 0.1) is 0 Å². The van der Waals surface area contributed by atoms with E-state index in [0.29, 0.717) is 0 Å². The van der Waals surface area contributed by atoms with Gasteiger partial charge in [-0.15, -0.1) is 0 Å². The summed E-state index contributed by atoms with van der Waals surface area (Å²) in [6.45, 7) is 11.6. The summed E-state index contributed by atoms with van der Waals surface area (Å²) in [6.07, 6.45) is 0. The largest absolute Gasteiger partial charge is 0.376 e. The molecule has 0 bridgehead atoms. The Morgan fingerprint density at radius 2 is 1.13 bits per heavy atom. The number of hydrogen-bond acceptors (Lipinski definition) is 0. The summed E-state index contributed by atoms with van der Waals surface area (Å²) in [5, 5.41) is 2.73. The van der Waals surface area contributed by atoms with Crippen LogP contribution in [0.15, 0.2) is 91.0 Å². The fourth-order valence-corrected chi connectivity index (χ4v) is 8.13. The van der Waals surface area contributed by atoms with Gasteiger partial charge in [0.2, 0.25) is 0 Å². The summed E-state index contributed by atoms with van der Waals surface area (Å²) in [5.41, 5.74) is 17.8. The molecule has 0 saturated carbocycles. The average Bonchev–Trinajstić information content (AvgIpc) is 3.36. The zero-order valence-electron chi connectivity index (χ0n) is 22.7. The van der Waals surface area contributed by atoms with Crippen LogP contribution in [0.2, 0.25) is 0 Å². The van der Waals surface area contributed by atoms with E-state index in [2.05, 4.69) is 130 Å². The number of nitrogens with zero attached hydrogens (tertiary/aromatic N) is 1. The zero-order chi connectivity index (χ0) is 25.9. The van der Waals surface area contributed by atoms with Gasteiger partial charge in [-0.2, -0.15) is 0 Å². The highest BCUT2D eigenvalue weighted by atomic mass is 14.9. The predicted molar refractivity (Wildman–Crippen MR) is 163 cm³/mol. The van der Waals surface area contributed by atoms with Gasteiger partial charge in [-0.1, -0.05) is 90.0 Å². The van der Waals surface area contributed by atoms with E-state index in [9.17, 15) is 0 Å². The van der Waals surface area contributed by atoms with Crippen LogP contribution in [-0.4, -0.2) is 11.3 Å². The quantitative estimate of drug-likeness (QED) is 0.214. The first-order valence-electron chi connectivity index (χ1n) is 13.7. The summed E-state index contributed by atoms with van der Waals surface area (Å²) in [7, 11) is 0. The molecule has 8 rings (SSSR count). The maximum absolute atomic E-state index is 2.69. The second kappa shape index (κ2) is 7.29. The molecule has 6 aromatic rings. The molecule has 0 radical (unpaired) electrons. The summed E-state index contributed by atoms with van der Waals surface area (Å²) in [4.78, 5) is 0.